The first-order valence-electron chi connectivity index (χ1n) is 4.57. The summed E-state index contributed by atoms with van der Waals surface area (Å²) in [6.45, 7) is 0.321. The molecule has 0 bridgehead atoms. The van der Waals surface area contributed by atoms with Gasteiger partial charge in [-0.3, -0.25) is 4.79 Å². The molecule has 0 unspecified atom stereocenters. The number of alkyl halides is 3. The van der Waals surface area contributed by atoms with E-state index in [0.717, 1.165) is 5.56 Å². The van der Waals surface area contributed by atoms with Gasteiger partial charge in [0.2, 0.25) is 0 Å². The number of carbonyl (C=O) groups excluding carboxylic acids is 1. The number of hydrogen-bond donors (Lipinski definition) is 1. The fourth-order valence-electron chi connectivity index (χ4n) is 1.01. The molecule has 0 saturated carbocycles. The van der Waals surface area contributed by atoms with Crippen molar-refractivity contribution in [1.29, 1.82) is 0 Å². The lowest BCUT2D eigenvalue weighted by molar-refractivity contribution is -0.120. The molecule has 1 N–H and O–H groups in total. The molecule has 0 heterocycles. The Hall–Kier alpha value is -0.700. The highest BCUT2D eigenvalue weighted by Gasteiger charge is 2.29. The lowest BCUT2D eigenvalue weighted by Crippen LogP contribution is -2.34. The van der Waals surface area contributed by atoms with E-state index in [1.165, 1.54) is 0 Å². The summed E-state index contributed by atoms with van der Waals surface area (Å²) in [5, 5.41) is 2.47. The predicted molar refractivity (Wildman–Crippen MR) is 68.8 cm³/mol. The summed E-state index contributed by atoms with van der Waals surface area (Å²) in [6, 6.07) is 9.70. The zero-order chi connectivity index (χ0) is 12.0. The molecule has 1 aromatic carbocycles. The van der Waals surface area contributed by atoms with E-state index >= 15 is 0 Å². The molecule has 0 aliphatic rings. The van der Waals surface area contributed by atoms with Crippen molar-refractivity contribution in [3.05, 3.63) is 42.0 Å². The molecule has 5 heteroatoms. The van der Waals surface area contributed by atoms with E-state index in [-0.39, 0.29) is 0 Å². The maximum atomic E-state index is 11.1. The minimum absolute atomic E-state index is 0.321. The molecule has 1 aromatic rings. The van der Waals surface area contributed by atoms with Crippen molar-refractivity contribution in [1.82, 2.24) is 5.32 Å². The molecule has 0 aromatic heterocycles. The lowest BCUT2D eigenvalue weighted by Gasteiger charge is -2.09. The van der Waals surface area contributed by atoms with Crippen LogP contribution in [0.15, 0.2) is 36.4 Å². The van der Waals surface area contributed by atoms with E-state index in [1.807, 2.05) is 36.4 Å². The van der Waals surface area contributed by atoms with Crippen LogP contribution in [0.3, 0.4) is 0 Å². The zero-order valence-electron chi connectivity index (χ0n) is 8.29. The molecule has 0 atom stereocenters. The van der Waals surface area contributed by atoms with Crippen molar-refractivity contribution in [3.8, 4) is 0 Å². The molecule has 0 spiro atoms. The van der Waals surface area contributed by atoms with Gasteiger partial charge in [-0.15, -0.1) is 0 Å². The summed E-state index contributed by atoms with van der Waals surface area (Å²) in [4.78, 5) is 11.1. The zero-order valence-corrected chi connectivity index (χ0v) is 10.6. The van der Waals surface area contributed by atoms with Crippen molar-refractivity contribution >= 4 is 46.8 Å². The molecular formula is C11H10Cl3NO. The topological polar surface area (TPSA) is 29.1 Å². The van der Waals surface area contributed by atoms with Gasteiger partial charge in [0.15, 0.2) is 0 Å². The van der Waals surface area contributed by atoms with E-state index in [0.29, 0.717) is 6.54 Å². The van der Waals surface area contributed by atoms with Crippen LogP contribution in [0.5, 0.6) is 0 Å². The second-order valence-corrected chi connectivity index (χ2v) is 5.30. The van der Waals surface area contributed by atoms with Crippen LogP contribution in [-0.2, 0) is 4.79 Å². The van der Waals surface area contributed by atoms with Crippen molar-refractivity contribution in [2.75, 3.05) is 6.54 Å². The Morgan fingerprint density at radius 2 is 1.88 bits per heavy atom. The molecular weight excluding hydrogens is 268 g/mol. The van der Waals surface area contributed by atoms with Crippen LogP contribution < -0.4 is 5.32 Å². The van der Waals surface area contributed by atoms with E-state index < -0.39 is 9.70 Å². The van der Waals surface area contributed by atoms with E-state index in [2.05, 4.69) is 5.32 Å². The molecule has 0 aliphatic heterocycles. The first-order valence-corrected chi connectivity index (χ1v) is 5.70. The van der Waals surface area contributed by atoms with Crippen LogP contribution in [0.2, 0.25) is 0 Å². The number of amides is 1. The van der Waals surface area contributed by atoms with Crippen LogP contribution in [0, 0.1) is 0 Å². The Kier molecular flexibility index (Phi) is 5.13. The van der Waals surface area contributed by atoms with E-state index in [4.69, 9.17) is 34.8 Å². The molecule has 0 saturated heterocycles. The van der Waals surface area contributed by atoms with Crippen molar-refractivity contribution in [2.45, 2.75) is 3.79 Å². The summed E-state index contributed by atoms with van der Waals surface area (Å²) in [5.74, 6) is -0.629. The van der Waals surface area contributed by atoms with Crippen molar-refractivity contribution in [3.63, 3.8) is 0 Å². The molecule has 0 radical (unpaired) electrons. The summed E-state index contributed by atoms with van der Waals surface area (Å²) < 4.78 is -1.90. The van der Waals surface area contributed by atoms with Crippen LogP contribution >= 0.6 is 34.8 Å². The third-order valence-electron chi connectivity index (χ3n) is 1.75. The minimum atomic E-state index is -1.90. The summed E-state index contributed by atoms with van der Waals surface area (Å²) in [5.41, 5.74) is 1.05. The van der Waals surface area contributed by atoms with Crippen LogP contribution in [0.4, 0.5) is 0 Å². The number of halogens is 3. The number of benzene rings is 1. The predicted octanol–water partition coefficient (Wildman–Crippen LogP) is 3.19. The van der Waals surface area contributed by atoms with Gasteiger partial charge in [-0.1, -0.05) is 77.3 Å². The Balaban J connectivity index is 2.37. The first kappa shape index (κ1) is 13.4. The maximum Gasteiger partial charge on any atom is 0.272 e. The highest BCUT2D eigenvalue weighted by atomic mass is 35.6. The number of nitrogens with one attached hydrogen (secondary N) is 1. The standard InChI is InChI=1S/C11H10Cl3NO/c12-11(13,14)10(16)15-8-4-7-9-5-2-1-3-6-9/h1-7H,8H2,(H,15,16)/b7-4+. The average Bonchev–Trinajstić information content (AvgIpc) is 2.24. The van der Waals surface area contributed by atoms with Gasteiger partial charge in [-0.2, -0.15) is 0 Å². The van der Waals surface area contributed by atoms with Crippen LogP contribution in [0.1, 0.15) is 5.56 Å². The first-order chi connectivity index (χ1) is 7.50. The highest BCUT2D eigenvalue weighted by molar-refractivity contribution is 6.76. The smallest absolute Gasteiger partial charge is 0.272 e. The maximum absolute atomic E-state index is 11.1. The van der Waals surface area contributed by atoms with Gasteiger partial charge in [0.05, 0.1) is 0 Å². The van der Waals surface area contributed by atoms with Gasteiger partial charge < -0.3 is 5.32 Å². The quantitative estimate of drug-likeness (QED) is 0.845. The summed E-state index contributed by atoms with van der Waals surface area (Å²) in [6.07, 6.45) is 3.66. The molecule has 1 amide bonds. The number of carbonyl (C=O) groups is 1. The third-order valence-corrected chi connectivity index (χ3v) is 2.26. The van der Waals surface area contributed by atoms with Crippen molar-refractivity contribution < 1.29 is 4.79 Å². The number of rotatable bonds is 3. The minimum Gasteiger partial charge on any atom is -0.349 e. The Labute approximate surface area is 109 Å². The Morgan fingerprint density at radius 3 is 2.44 bits per heavy atom. The second kappa shape index (κ2) is 6.14. The SMILES string of the molecule is O=C(NC/C=C/c1ccccc1)C(Cl)(Cl)Cl. The van der Waals surface area contributed by atoms with Gasteiger partial charge >= 0.3 is 0 Å². The fraction of sp³-hybridized carbons (Fsp3) is 0.182. The molecule has 86 valence electrons. The van der Waals surface area contributed by atoms with Gasteiger partial charge in [-0.05, 0) is 5.56 Å². The molecule has 1 rings (SSSR count). The summed E-state index contributed by atoms with van der Waals surface area (Å²) in [7, 11) is 0. The van der Waals surface area contributed by atoms with Gasteiger partial charge in [0.25, 0.3) is 9.70 Å². The second-order valence-electron chi connectivity index (χ2n) is 3.02. The number of hydrogen-bond acceptors (Lipinski definition) is 1. The molecule has 0 fully saturated rings. The van der Waals surface area contributed by atoms with Crippen LogP contribution in [-0.4, -0.2) is 16.2 Å². The van der Waals surface area contributed by atoms with E-state index in [9.17, 15) is 4.79 Å². The Morgan fingerprint density at radius 1 is 1.25 bits per heavy atom. The fourth-order valence-corrected chi connectivity index (χ4v) is 1.21. The molecule has 0 aliphatic carbocycles. The average molecular weight is 279 g/mol. The summed E-state index contributed by atoms with van der Waals surface area (Å²) >= 11 is 16.1. The third kappa shape index (κ3) is 4.88. The lowest BCUT2D eigenvalue weighted by atomic mass is 10.2. The monoisotopic (exact) mass is 277 g/mol. The highest BCUT2D eigenvalue weighted by Crippen LogP contribution is 2.25. The van der Waals surface area contributed by atoms with E-state index in [1.54, 1.807) is 6.08 Å². The van der Waals surface area contributed by atoms with Crippen LogP contribution in [0.25, 0.3) is 6.08 Å². The largest absolute Gasteiger partial charge is 0.349 e. The molecule has 16 heavy (non-hydrogen) atoms. The molecule has 2 nitrogen and oxygen atoms in total. The van der Waals surface area contributed by atoms with Gasteiger partial charge in [0, 0.05) is 6.54 Å². The normalized spacial score (nSPS) is 11.7. The van der Waals surface area contributed by atoms with Gasteiger partial charge in [0.1, 0.15) is 0 Å². The van der Waals surface area contributed by atoms with Gasteiger partial charge in [-0.25, -0.2) is 0 Å². The van der Waals surface area contributed by atoms with Crippen molar-refractivity contribution in [2.24, 2.45) is 0 Å². The Bertz CT molecular complexity index is 371.